The van der Waals surface area contributed by atoms with E-state index in [0.29, 0.717) is 5.69 Å². The third-order valence-electron chi connectivity index (χ3n) is 7.68. The number of nitrogens with one attached hydrogen (secondary N) is 2. The molecule has 4 aromatic rings. The summed E-state index contributed by atoms with van der Waals surface area (Å²) >= 11 is 0. The summed E-state index contributed by atoms with van der Waals surface area (Å²) in [6.45, 7) is 7.92. The van der Waals surface area contributed by atoms with Gasteiger partial charge in [0.05, 0.1) is 15.7 Å². The molecule has 1 aliphatic heterocycles. The summed E-state index contributed by atoms with van der Waals surface area (Å²) in [4.78, 5) is 15.1. The van der Waals surface area contributed by atoms with Crippen molar-refractivity contribution in [2.75, 3.05) is 5.32 Å². The lowest BCUT2D eigenvalue weighted by molar-refractivity contribution is 0.249. The van der Waals surface area contributed by atoms with Gasteiger partial charge in [0.15, 0.2) is 9.84 Å². The van der Waals surface area contributed by atoms with Gasteiger partial charge in [-0.25, -0.2) is 13.2 Å². The molecule has 2 amide bonds. The van der Waals surface area contributed by atoms with E-state index in [1.54, 1.807) is 38.1 Å². The summed E-state index contributed by atoms with van der Waals surface area (Å²) in [5.41, 5.74) is 5.96. The van der Waals surface area contributed by atoms with E-state index in [-0.39, 0.29) is 17.0 Å². The molecule has 5 rings (SSSR count). The number of fused-ring (bicyclic) bond motifs is 1. The minimum Gasteiger partial charge on any atom is -0.331 e. The molecule has 0 aromatic heterocycles. The zero-order valence-electron chi connectivity index (χ0n) is 23.1. The van der Waals surface area contributed by atoms with Crippen molar-refractivity contribution >= 4 is 21.6 Å². The Morgan fingerprint density at radius 2 is 1.48 bits per heavy atom. The predicted octanol–water partition coefficient (Wildman–Crippen LogP) is 6.79. The molecule has 0 saturated carbocycles. The molecule has 1 atom stereocenters. The van der Waals surface area contributed by atoms with Crippen molar-refractivity contribution in [1.29, 1.82) is 0 Å². The van der Waals surface area contributed by atoms with Crippen LogP contribution in [0.4, 0.5) is 10.5 Å². The third-order valence-corrected chi connectivity index (χ3v) is 10.2. The molecule has 0 radical (unpaired) electrons. The van der Waals surface area contributed by atoms with Crippen LogP contribution in [0.25, 0.3) is 0 Å². The van der Waals surface area contributed by atoms with Gasteiger partial charge in [-0.15, -0.1) is 0 Å². The van der Waals surface area contributed by atoms with Crippen LogP contribution in [0, 0.1) is 0 Å². The number of amides is 2. The molecule has 0 bridgehead atoms. The van der Waals surface area contributed by atoms with Gasteiger partial charge in [0.25, 0.3) is 0 Å². The number of hydrogen-bond donors (Lipinski definition) is 2. The Kier molecular flexibility index (Phi) is 7.79. The Morgan fingerprint density at radius 3 is 2.15 bits per heavy atom. The van der Waals surface area contributed by atoms with Crippen molar-refractivity contribution in [3.8, 4) is 0 Å². The lowest BCUT2D eigenvalue weighted by Gasteiger charge is -2.26. The average Bonchev–Trinajstić information content (AvgIpc) is 3.35. The minimum absolute atomic E-state index is 0.167. The highest BCUT2D eigenvalue weighted by Gasteiger charge is 2.38. The fraction of sp³-hybridized carbons (Fsp3) is 0.242. The molecule has 1 heterocycles. The molecule has 7 heteroatoms. The van der Waals surface area contributed by atoms with E-state index >= 15 is 0 Å². The predicted molar refractivity (Wildman–Crippen MR) is 160 cm³/mol. The first-order valence-electron chi connectivity index (χ1n) is 13.5. The Labute approximate surface area is 237 Å². The van der Waals surface area contributed by atoms with E-state index in [1.165, 1.54) is 16.7 Å². The van der Waals surface area contributed by atoms with E-state index in [4.69, 9.17) is 0 Å². The van der Waals surface area contributed by atoms with Crippen LogP contribution in [0.3, 0.4) is 0 Å². The number of carbonyl (C=O) groups is 1. The van der Waals surface area contributed by atoms with Crippen molar-refractivity contribution < 1.29 is 13.2 Å². The van der Waals surface area contributed by atoms with Crippen molar-refractivity contribution in [2.45, 2.75) is 56.1 Å². The van der Waals surface area contributed by atoms with Gasteiger partial charge in [-0.1, -0.05) is 78.9 Å². The Morgan fingerprint density at radius 1 is 0.850 bits per heavy atom. The number of anilines is 1. The van der Waals surface area contributed by atoms with E-state index < -0.39 is 14.6 Å². The van der Waals surface area contributed by atoms with Crippen LogP contribution in [0.1, 0.15) is 54.6 Å². The topological polar surface area (TPSA) is 78.5 Å². The monoisotopic (exact) mass is 553 g/mol. The van der Waals surface area contributed by atoms with Crippen LogP contribution in [0.5, 0.6) is 0 Å². The lowest BCUT2D eigenvalue weighted by atomic mass is 9.98. The quantitative estimate of drug-likeness (QED) is 0.252. The molecular weight excluding hydrogens is 518 g/mol. The van der Waals surface area contributed by atoms with Crippen LogP contribution in [-0.4, -0.2) is 19.3 Å². The number of nitrogens with zero attached hydrogens (tertiary/aromatic N) is 1. The normalized spacial score (nSPS) is 14.4. The first kappa shape index (κ1) is 27.6. The van der Waals surface area contributed by atoms with Gasteiger partial charge in [0.1, 0.15) is 0 Å². The van der Waals surface area contributed by atoms with E-state index in [1.807, 2.05) is 67.6 Å². The van der Waals surface area contributed by atoms with Gasteiger partial charge in [0, 0.05) is 25.3 Å². The van der Waals surface area contributed by atoms with E-state index in [0.717, 1.165) is 30.8 Å². The zero-order valence-corrected chi connectivity index (χ0v) is 23.9. The maximum absolute atomic E-state index is 13.8. The van der Waals surface area contributed by atoms with Gasteiger partial charge >= 0.3 is 6.03 Å². The highest BCUT2D eigenvalue weighted by atomic mass is 32.2. The summed E-state index contributed by atoms with van der Waals surface area (Å²) in [5.74, 6) is 0. The van der Waals surface area contributed by atoms with E-state index in [2.05, 4.69) is 33.7 Å². The highest BCUT2D eigenvalue weighted by molar-refractivity contribution is 7.92. The molecule has 1 aliphatic rings. The summed E-state index contributed by atoms with van der Waals surface area (Å²) in [5, 5.41) is 5.69. The first-order chi connectivity index (χ1) is 19.1. The maximum atomic E-state index is 13.8. The molecular formula is C33H35N3O3S. The Hall–Kier alpha value is -3.94. The van der Waals surface area contributed by atoms with Crippen LogP contribution < -0.4 is 10.6 Å². The summed E-state index contributed by atoms with van der Waals surface area (Å²) in [7, 11) is -3.71. The second-order valence-electron chi connectivity index (χ2n) is 10.9. The van der Waals surface area contributed by atoms with Crippen LogP contribution in [-0.2, 0) is 34.2 Å². The Balaban J connectivity index is 1.26. The van der Waals surface area contributed by atoms with Crippen LogP contribution >= 0.6 is 0 Å². The van der Waals surface area contributed by atoms with Crippen molar-refractivity contribution in [2.24, 2.45) is 0 Å². The molecule has 0 spiro atoms. The summed E-state index contributed by atoms with van der Waals surface area (Å²) in [6, 6.07) is 32.0. The number of hydrogen-bond acceptors (Lipinski definition) is 4. The molecule has 0 fully saturated rings. The SMILES string of the molecule is CC(NC(=O)Nc1ccc(S(=O)(=O)C(C)(C)c2ccc3c(c2)CN(Cc2ccccc2)C3)cc1)c1ccccc1. The second-order valence-corrected chi connectivity index (χ2v) is 13.4. The van der Waals surface area contributed by atoms with Crippen molar-refractivity contribution in [3.63, 3.8) is 0 Å². The molecule has 1 unspecified atom stereocenters. The smallest absolute Gasteiger partial charge is 0.319 e. The lowest BCUT2D eigenvalue weighted by Crippen LogP contribution is -2.31. The minimum atomic E-state index is -3.71. The van der Waals surface area contributed by atoms with Gasteiger partial charge in [-0.3, -0.25) is 4.90 Å². The molecule has 206 valence electrons. The summed E-state index contributed by atoms with van der Waals surface area (Å²) in [6.07, 6.45) is 0. The number of sulfone groups is 1. The van der Waals surface area contributed by atoms with Gasteiger partial charge < -0.3 is 10.6 Å². The van der Waals surface area contributed by atoms with Gasteiger partial charge in [-0.05, 0) is 72.9 Å². The maximum Gasteiger partial charge on any atom is 0.319 e. The van der Waals surface area contributed by atoms with Crippen molar-refractivity contribution in [3.05, 3.63) is 131 Å². The molecule has 0 saturated heterocycles. The van der Waals surface area contributed by atoms with Gasteiger partial charge in [0.2, 0.25) is 0 Å². The Bertz CT molecular complexity index is 1590. The summed E-state index contributed by atoms with van der Waals surface area (Å²) < 4.78 is 26.4. The highest BCUT2D eigenvalue weighted by Crippen LogP contribution is 2.37. The molecule has 40 heavy (non-hydrogen) atoms. The number of rotatable bonds is 8. The number of carbonyl (C=O) groups excluding carboxylic acids is 1. The van der Waals surface area contributed by atoms with Gasteiger partial charge in [-0.2, -0.15) is 0 Å². The largest absolute Gasteiger partial charge is 0.331 e. The molecule has 6 nitrogen and oxygen atoms in total. The third kappa shape index (κ3) is 5.81. The standard InChI is InChI=1S/C33H35N3O3S/c1-24(26-12-8-5-9-13-26)34-32(37)35-30-16-18-31(19-17-30)40(38,39)33(2,3)29-15-14-27-22-36(23-28(27)20-29)21-25-10-6-4-7-11-25/h4-20,24H,21-23H2,1-3H3,(H2,34,35,37). The first-order valence-corrected chi connectivity index (χ1v) is 15.0. The number of benzene rings is 4. The molecule has 2 N–H and O–H groups in total. The number of urea groups is 1. The average molecular weight is 554 g/mol. The van der Waals surface area contributed by atoms with Crippen LogP contribution in [0.15, 0.2) is 108 Å². The van der Waals surface area contributed by atoms with E-state index in [9.17, 15) is 13.2 Å². The van der Waals surface area contributed by atoms with Crippen LogP contribution in [0.2, 0.25) is 0 Å². The van der Waals surface area contributed by atoms with Crippen molar-refractivity contribution in [1.82, 2.24) is 10.2 Å². The molecule has 4 aromatic carbocycles. The fourth-order valence-electron chi connectivity index (χ4n) is 5.15. The second kappa shape index (κ2) is 11.3. The zero-order chi connectivity index (χ0) is 28.3. The molecule has 0 aliphatic carbocycles. The fourth-order valence-corrected chi connectivity index (χ4v) is 6.67.